The molecule has 0 aliphatic carbocycles. The van der Waals surface area contributed by atoms with E-state index in [9.17, 15) is 0 Å². The lowest BCUT2D eigenvalue weighted by Gasteiger charge is -2.13. The van der Waals surface area contributed by atoms with Crippen LogP contribution < -0.4 is 5.32 Å². The Balaban J connectivity index is 2.65. The number of aromatic nitrogens is 1. The van der Waals surface area contributed by atoms with Crippen LogP contribution in [0.3, 0.4) is 0 Å². The van der Waals surface area contributed by atoms with Crippen LogP contribution in [0.25, 0.3) is 10.9 Å². The van der Waals surface area contributed by atoms with Gasteiger partial charge in [-0.05, 0) is 49.1 Å². The zero-order valence-corrected chi connectivity index (χ0v) is 13.5. The molecule has 2 rings (SSSR count). The van der Waals surface area contributed by atoms with Crippen LogP contribution in [-0.2, 0) is 12.8 Å². The van der Waals surface area contributed by atoms with Gasteiger partial charge >= 0.3 is 0 Å². The number of nitrogens with zero attached hydrogens (tertiary/aromatic N) is 1. The Kier molecular flexibility index (Phi) is 4.81. The molecule has 0 atom stereocenters. The van der Waals surface area contributed by atoms with Gasteiger partial charge in [-0.25, -0.2) is 4.98 Å². The van der Waals surface area contributed by atoms with Gasteiger partial charge in [0.15, 0.2) is 0 Å². The van der Waals surface area contributed by atoms with Gasteiger partial charge in [0, 0.05) is 16.4 Å². The first-order valence-corrected chi connectivity index (χ1v) is 7.84. The van der Waals surface area contributed by atoms with Crippen molar-refractivity contribution in [1.82, 2.24) is 4.98 Å². The molecule has 0 unspecified atom stereocenters. The second-order valence-electron chi connectivity index (χ2n) is 4.77. The molecule has 0 radical (unpaired) electrons. The maximum Gasteiger partial charge on any atom is 0.129 e. The van der Waals surface area contributed by atoms with Crippen molar-refractivity contribution in [3.8, 4) is 0 Å². The Morgan fingerprint density at radius 2 is 1.89 bits per heavy atom. The highest BCUT2D eigenvalue weighted by Gasteiger charge is 2.09. The highest BCUT2D eigenvalue weighted by Crippen LogP contribution is 2.28. The number of rotatable bonds is 5. The van der Waals surface area contributed by atoms with Gasteiger partial charge in [0.05, 0.1) is 5.52 Å². The smallest absolute Gasteiger partial charge is 0.129 e. The van der Waals surface area contributed by atoms with E-state index in [0.29, 0.717) is 0 Å². The monoisotopic (exact) mass is 320 g/mol. The first-order chi connectivity index (χ1) is 9.19. The Morgan fingerprint density at radius 1 is 1.11 bits per heavy atom. The minimum absolute atomic E-state index is 0.910. The van der Waals surface area contributed by atoms with E-state index < -0.39 is 0 Å². The number of hydrogen-bond donors (Lipinski definition) is 1. The lowest BCUT2D eigenvalue weighted by atomic mass is 10.0. The quantitative estimate of drug-likeness (QED) is 0.843. The van der Waals surface area contributed by atoms with E-state index in [1.165, 1.54) is 16.5 Å². The Morgan fingerprint density at radius 3 is 2.53 bits per heavy atom. The van der Waals surface area contributed by atoms with Crippen LogP contribution in [0.2, 0.25) is 0 Å². The summed E-state index contributed by atoms with van der Waals surface area (Å²) in [6.07, 6.45) is 3.21. The number of anilines is 1. The summed E-state index contributed by atoms with van der Waals surface area (Å²) in [7, 11) is 0. The second-order valence-corrected chi connectivity index (χ2v) is 5.68. The molecule has 1 heterocycles. The van der Waals surface area contributed by atoms with Crippen molar-refractivity contribution in [3.63, 3.8) is 0 Å². The van der Waals surface area contributed by atoms with Gasteiger partial charge in [0.1, 0.15) is 5.82 Å². The molecule has 1 N–H and O–H groups in total. The van der Waals surface area contributed by atoms with Crippen LogP contribution >= 0.6 is 15.9 Å². The largest absolute Gasteiger partial charge is 0.370 e. The van der Waals surface area contributed by atoms with Crippen molar-refractivity contribution >= 4 is 32.7 Å². The standard InChI is InChI=1S/C16H21BrN2/c1-4-7-12-8-13-10-14(17)9-11(5-2)15(13)19-16(12)18-6-3/h8-10H,4-7H2,1-3H3,(H,18,19). The van der Waals surface area contributed by atoms with Gasteiger partial charge in [0.25, 0.3) is 0 Å². The molecular formula is C16H21BrN2. The molecule has 19 heavy (non-hydrogen) atoms. The molecule has 0 amide bonds. The normalized spacial score (nSPS) is 10.9. The number of aryl methyl sites for hydroxylation is 2. The molecule has 0 bridgehead atoms. The molecule has 0 saturated heterocycles. The lowest BCUT2D eigenvalue weighted by molar-refractivity contribution is 0.915. The van der Waals surface area contributed by atoms with E-state index in [1.807, 2.05) is 0 Å². The summed E-state index contributed by atoms with van der Waals surface area (Å²) in [5.74, 6) is 1.05. The number of pyridine rings is 1. The van der Waals surface area contributed by atoms with Gasteiger partial charge in [-0.15, -0.1) is 0 Å². The first-order valence-electron chi connectivity index (χ1n) is 7.05. The average Bonchev–Trinajstić information content (AvgIpc) is 2.39. The Labute approximate surface area is 123 Å². The molecule has 102 valence electrons. The summed E-state index contributed by atoms with van der Waals surface area (Å²) >= 11 is 3.59. The number of fused-ring (bicyclic) bond motifs is 1. The van der Waals surface area contributed by atoms with E-state index in [0.717, 1.165) is 41.6 Å². The Bertz CT molecular complexity index is 578. The number of hydrogen-bond acceptors (Lipinski definition) is 2. The fourth-order valence-electron chi connectivity index (χ4n) is 2.41. The molecule has 2 nitrogen and oxygen atoms in total. The molecule has 0 aliphatic rings. The van der Waals surface area contributed by atoms with Gasteiger partial charge in [-0.2, -0.15) is 0 Å². The molecule has 3 heteroatoms. The first kappa shape index (κ1) is 14.3. The van der Waals surface area contributed by atoms with Gasteiger partial charge in [-0.3, -0.25) is 0 Å². The molecular weight excluding hydrogens is 300 g/mol. The van der Waals surface area contributed by atoms with Crippen LogP contribution in [0.4, 0.5) is 5.82 Å². The predicted octanol–water partition coefficient (Wildman–Crippen LogP) is 4.94. The third kappa shape index (κ3) is 3.08. The lowest BCUT2D eigenvalue weighted by Crippen LogP contribution is -2.04. The van der Waals surface area contributed by atoms with E-state index in [4.69, 9.17) is 4.98 Å². The third-order valence-corrected chi connectivity index (χ3v) is 3.74. The summed E-state index contributed by atoms with van der Waals surface area (Å²) in [5, 5.41) is 4.63. The van der Waals surface area contributed by atoms with Crippen molar-refractivity contribution in [2.75, 3.05) is 11.9 Å². The van der Waals surface area contributed by atoms with Crippen molar-refractivity contribution in [3.05, 3.63) is 33.8 Å². The van der Waals surface area contributed by atoms with Crippen molar-refractivity contribution in [1.29, 1.82) is 0 Å². The Hall–Kier alpha value is -1.09. The molecule has 0 spiro atoms. The molecule has 0 saturated carbocycles. The summed E-state index contributed by atoms with van der Waals surface area (Å²) in [6, 6.07) is 6.62. The summed E-state index contributed by atoms with van der Waals surface area (Å²) < 4.78 is 1.14. The minimum atomic E-state index is 0.910. The highest BCUT2D eigenvalue weighted by atomic mass is 79.9. The van der Waals surface area contributed by atoms with Gasteiger partial charge in [-0.1, -0.05) is 36.2 Å². The van der Waals surface area contributed by atoms with E-state index >= 15 is 0 Å². The molecule has 0 aliphatic heterocycles. The zero-order valence-electron chi connectivity index (χ0n) is 11.9. The number of halogens is 1. The van der Waals surface area contributed by atoms with E-state index in [1.54, 1.807) is 0 Å². The van der Waals surface area contributed by atoms with E-state index in [-0.39, 0.29) is 0 Å². The number of nitrogens with one attached hydrogen (secondary N) is 1. The molecule has 1 aromatic heterocycles. The van der Waals surface area contributed by atoms with Crippen LogP contribution in [0.5, 0.6) is 0 Å². The van der Waals surface area contributed by atoms with Crippen molar-refractivity contribution in [2.45, 2.75) is 40.0 Å². The maximum absolute atomic E-state index is 4.86. The average molecular weight is 321 g/mol. The fraction of sp³-hybridized carbons (Fsp3) is 0.438. The van der Waals surface area contributed by atoms with Crippen LogP contribution in [0.1, 0.15) is 38.3 Å². The van der Waals surface area contributed by atoms with E-state index in [2.05, 4.69) is 60.2 Å². The SMILES string of the molecule is CCCc1cc2cc(Br)cc(CC)c2nc1NCC. The van der Waals surface area contributed by atoms with Crippen molar-refractivity contribution in [2.24, 2.45) is 0 Å². The van der Waals surface area contributed by atoms with Crippen LogP contribution in [0, 0.1) is 0 Å². The zero-order chi connectivity index (χ0) is 13.8. The fourth-order valence-corrected chi connectivity index (χ4v) is 2.94. The summed E-state index contributed by atoms with van der Waals surface area (Å²) in [5.41, 5.74) is 3.74. The predicted molar refractivity (Wildman–Crippen MR) is 87.0 cm³/mol. The summed E-state index contributed by atoms with van der Waals surface area (Å²) in [6.45, 7) is 7.41. The number of benzene rings is 1. The maximum atomic E-state index is 4.86. The topological polar surface area (TPSA) is 24.9 Å². The van der Waals surface area contributed by atoms with Crippen LogP contribution in [-0.4, -0.2) is 11.5 Å². The van der Waals surface area contributed by atoms with Gasteiger partial charge < -0.3 is 5.32 Å². The molecule has 2 aromatic rings. The van der Waals surface area contributed by atoms with Gasteiger partial charge in [0.2, 0.25) is 0 Å². The van der Waals surface area contributed by atoms with Crippen molar-refractivity contribution < 1.29 is 0 Å². The summed E-state index contributed by atoms with van der Waals surface area (Å²) in [4.78, 5) is 4.86. The van der Waals surface area contributed by atoms with Crippen LogP contribution in [0.15, 0.2) is 22.7 Å². The molecule has 0 fully saturated rings. The molecule has 1 aromatic carbocycles. The minimum Gasteiger partial charge on any atom is -0.370 e. The highest BCUT2D eigenvalue weighted by molar-refractivity contribution is 9.10. The third-order valence-electron chi connectivity index (χ3n) is 3.29. The second kappa shape index (κ2) is 6.38.